The summed E-state index contributed by atoms with van der Waals surface area (Å²) in [6.07, 6.45) is 0.220. The zero-order chi connectivity index (χ0) is 36.0. The van der Waals surface area contributed by atoms with Gasteiger partial charge in [-0.05, 0) is 64.2 Å². The number of rotatable bonds is 11. The largest absolute Gasteiger partial charge is 0.478 e. The van der Waals surface area contributed by atoms with Gasteiger partial charge in [0.2, 0.25) is 0 Å². The summed E-state index contributed by atoms with van der Waals surface area (Å²) < 4.78 is 13.4. The number of thioether (sulfide) groups is 1. The van der Waals surface area contributed by atoms with Gasteiger partial charge in [-0.2, -0.15) is 0 Å². The van der Waals surface area contributed by atoms with Gasteiger partial charge in [0.25, 0.3) is 5.91 Å². The number of hydrogen-bond donors (Lipinski definition) is 3. The highest BCUT2D eigenvalue weighted by Gasteiger charge is 2.38. The number of aliphatic hydroxyl groups excluding tert-OH is 1. The Balaban J connectivity index is 1.10. The van der Waals surface area contributed by atoms with E-state index in [9.17, 15) is 19.8 Å². The van der Waals surface area contributed by atoms with Crippen LogP contribution in [0.4, 0.5) is 0 Å². The van der Waals surface area contributed by atoms with Crippen LogP contribution in [0.2, 0.25) is 0 Å². The Hall–Kier alpha value is -5.39. The van der Waals surface area contributed by atoms with Crippen molar-refractivity contribution in [3.05, 3.63) is 161 Å². The molecule has 6 aromatic rings. The smallest absolute Gasteiger partial charge is 0.336 e. The third kappa shape index (κ3) is 7.90. The van der Waals surface area contributed by atoms with Crippen LogP contribution in [-0.4, -0.2) is 43.9 Å². The van der Waals surface area contributed by atoms with Crippen LogP contribution in [0.25, 0.3) is 22.2 Å². The molecule has 1 aliphatic rings. The Morgan fingerprint density at radius 3 is 2.31 bits per heavy atom. The summed E-state index contributed by atoms with van der Waals surface area (Å²) in [6, 6.07) is 38.2. The van der Waals surface area contributed by atoms with Gasteiger partial charge in [0.05, 0.1) is 41.6 Å². The van der Waals surface area contributed by atoms with E-state index in [2.05, 4.69) is 28.3 Å². The van der Waals surface area contributed by atoms with Crippen molar-refractivity contribution >= 4 is 34.7 Å². The van der Waals surface area contributed by atoms with Gasteiger partial charge >= 0.3 is 5.97 Å². The molecule has 7 rings (SSSR count). The second-order valence-electron chi connectivity index (χ2n) is 12.7. The van der Waals surface area contributed by atoms with Crippen molar-refractivity contribution < 1.29 is 29.3 Å². The zero-order valence-electron chi connectivity index (χ0n) is 28.4. The maximum Gasteiger partial charge on any atom is 0.336 e. The molecule has 52 heavy (non-hydrogen) atoms. The Bertz CT molecular complexity index is 2210. The summed E-state index contributed by atoms with van der Waals surface area (Å²) in [5, 5.41) is 22.3. The van der Waals surface area contributed by atoms with Gasteiger partial charge in [0.1, 0.15) is 5.69 Å². The van der Waals surface area contributed by atoms with Crippen molar-refractivity contribution in [2.24, 2.45) is 5.92 Å². The van der Waals surface area contributed by atoms with Crippen molar-refractivity contribution in [2.45, 2.75) is 43.5 Å². The zero-order valence-corrected chi connectivity index (χ0v) is 29.2. The number of nitrogens with zero attached hydrogens (tertiary/aromatic N) is 2. The summed E-state index contributed by atoms with van der Waals surface area (Å²) >= 11 is 1.46. The molecule has 0 spiro atoms. The van der Waals surface area contributed by atoms with E-state index >= 15 is 0 Å². The number of fused-ring (bicyclic) bond motifs is 1. The minimum absolute atomic E-state index is 0.0468. The average Bonchev–Trinajstić information content (AvgIpc) is 3.19. The number of aromatic nitrogens is 2. The number of aliphatic hydroxyl groups is 1. The van der Waals surface area contributed by atoms with Crippen LogP contribution in [0.15, 0.2) is 132 Å². The quantitative estimate of drug-likeness (QED) is 0.114. The lowest BCUT2D eigenvalue weighted by molar-refractivity contribution is -0.268. The number of carboxylic acid groups (broad SMARTS) is 1. The van der Waals surface area contributed by atoms with Gasteiger partial charge < -0.3 is 25.0 Å². The molecule has 262 valence electrons. The molecule has 4 atom stereocenters. The van der Waals surface area contributed by atoms with Gasteiger partial charge in [0.15, 0.2) is 6.29 Å². The van der Waals surface area contributed by atoms with Crippen LogP contribution in [0.3, 0.4) is 0 Å². The first-order chi connectivity index (χ1) is 25.4. The molecule has 9 nitrogen and oxygen atoms in total. The topological polar surface area (TPSA) is 131 Å². The normalized spacial score (nSPS) is 18.6. The van der Waals surface area contributed by atoms with Crippen molar-refractivity contribution in [3.63, 3.8) is 0 Å². The molecule has 2 heterocycles. The predicted octanol–water partition coefficient (Wildman–Crippen LogP) is 8.00. The maximum atomic E-state index is 12.9. The van der Waals surface area contributed by atoms with E-state index in [1.807, 2.05) is 103 Å². The second kappa shape index (κ2) is 15.9. The predicted molar refractivity (Wildman–Crippen MR) is 200 cm³/mol. The number of nitrogens with one attached hydrogen (secondary N) is 1. The van der Waals surface area contributed by atoms with E-state index < -0.39 is 12.3 Å². The molecule has 0 saturated carbocycles. The molecule has 0 radical (unpaired) electrons. The molecule has 0 bridgehead atoms. The summed E-state index contributed by atoms with van der Waals surface area (Å²) in [5.41, 5.74) is 7.40. The fourth-order valence-corrected chi connectivity index (χ4v) is 7.53. The lowest BCUT2D eigenvalue weighted by Crippen LogP contribution is -2.38. The van der Waals surface area contributed by atoms with E-state index in [-0.39, 0.29) is 41.9 Å². The van der Waals surface area contributed by atoms with Crippen LogP contribution in [0.1, 0.15) is 62.4 Å². The molecule has 1 saturated heterocycles. The van der Waals surface area contributed by atoms with Crippen molar-refractivity contribution in [1.29, 1.82) is 0 Å². The van der Waals surface area contributed by atoms with Gasteiger partial charge in [-0.3, -0.25) is 9.78 Å². The molecule has 1 fully saturated rings. The van der Waals surface area contributed by atoms with Crippen molar-refractivity contribution in [2.75, 3.05) is 5.75 Å². The number of amides is 1. The minimum Gasteiger partial charge on any atom is -0.478 e. The number of para-hydroxylation sites is 2. The Kier molecular flexibility index (Phi) is 10.7. The van der Waals surface area contributed by atoms with Crippen LogP contribution in [-0.2, 0) is 22.6 Å². The van der Waals surface area contributed by atoms with Crippen LogP contribution in [0.5, 0.6) is 0 Å². The van der Waals surface area contributed by atoms with Crippen LogP contribution < -0.4 is 5.32 Å². The highest BCUT2D eigenvalue weighted by Crippen LogP contribution is 2.43. The monoisotopic (exact) mass is 711 g/mol. The first-order valence-electron chi connectivity index (χ1n) is 17.0. The molecule has 0 aliphatic carbocycles. The number of benzene rings is 5. The number of carbonyl (C=O) groups excluding carboxylic acids is 1. The third-order valence-corrected chi connectivity index (χ3v) is 10.4. The molecular formula is C42H37N3O6S. The number of hydrogen-bond acceptors (Lipinski definition) is 8. The number of carbonyl (C=O) groups is 2. The lowest BCUT2D eigenvalue weighted by atomic mass is 9.91. The highest BCUT2D eigenvalue weighted by molar-refractivity contribution is 7.99. The van der Waals surface area contributed by atoms with Gasteiger partial charge in [-0.25, -0.2) is 9.78 Å². The van der Waals surface area contributed by atoms with E-state index in [1.54, 1.807) is 12.1 Å². The summed E-state index contributed by atoms with van der Waals surface area (Å²) in [4.78, 5) is 34.3. The standard InChI is InChI=1S/C42H37N3O6S/c1-26-37(25-52-38-15-5-2-12-33(38)41(48)49)50-42(51-39(26)29-18-16-27(24-46)17-19-29)32-11-7-10-31(21-32)30-9-6-8-28(20-30)22-44-40(47)36-23-43-34-13-3-4-14-35(34)45-36/h2-21,23,26,37,39,42,46H,22,24-25H2,1H3,(H,44,47)(H,48,49)/t26-,37+,39+,42+/m0/s1. The fraction of sp³-hybridized carbons (Fsp3) is 0.190. The van der Waals surface area contributed by atoms with Crippen LogP contribution in [0, 0.1) is 5.92 Å². The number of carboxylic acids is 1. The minimum atomic E-state index is -0.966. The first kappa shape index (κ1) is 35.0. The Labute approximate surface area is 305 Å². The summed E-state index contributed by atoms with van der Waals surface area (Å²) in [7, 11) is 0. The number of ether oxygens (including phenoxy) is 2. The average molecular weight is 712 g/mol. The highest BCUT2D eigenvalue weighted by atomic mass is 32.2. The van der Waals surface area contributed by atoms with Crippen molar-refractivity contribution in [3.8, 4) is 11.1 Å². The SMILES string of the molecule is C[C@H]1[C@@H](CSc2ccccc2C(=O)O)O[C@@H](c2cccc(-c3cccc(CNC(=O)c4cnc5ccccc5n4)c3)c2)O[C@H]1c1ccc(CO)cc1. The molecule has 0 unspecified atom stereocenters. The van der Waals surface area contributed by atoms with Gasteiger partial charge in [-0.15, -0.1) is 11.8 Å². The van der Waals surface area contributed by atoms with Gasteiger partial charge in [0, 0.05) is 28.7 Å². The maximum absolute atomic E-state index is 12.9. The first-order valence-corrected chi connectivity index (χ1v) is 18.0. The van der Waals surface area contributed by atoms with Gasteiger partial charge in [-0.1, -0.05) is 91.9 Å². The van der Waals surface area contributed by atoms with E-state index in [0.29, 0.717) is 22.7 Å². The molecule has 1 aliphatic heterocycles. The summed E-state index contributed by atoms with van der Waals surface area (Å²) in [5.74, 6) is -0.803. The lowest BCUT2D eigenvalue weighted by Gasteiger charge is -2.41. The molecule has 3 N–H and O–H groups in total. The molecule has 10 heteroatoms. The fourth-order valence-electron chi connectivity index (χ4n) is 6.32. The molecule has 1 amide bonds. The number of aromatic carboxylic acids is 1. The molecular weight excluding hydrogens is 675 g/mol. The molecule has 1 aromatic heterocycles. The third-order valence-electron chi connectivity index (χ3n) is 9.20. The molecule has 5 aromatic carbocycles. The van der Waals surface area contributed by atoms with Crippen molar-refractivity contribution in [1.82, 2.24) is 15.3 Å². The Morgan fingerprint density at radius 2 is 1.52 bits per heavy atom. The Morgan fingerprint density at radius 1 is 0.788 bits per heavy atom. The summed E-state index contributed by atoms with van der Waals surface area (Å²) in [6.45, 7) is 2.35. The second-order valence-corrected chi connectivity index (χ2v) is 13.7. The van der Waals surface area contributed by atoms with E-state index in [4.69, 9.17) is 9.47 Å². The van der Waals surface area contributed by atoms with E-state index in [1.165, 1.54) is 18.0 Å². The van der Waals surface area contributed by atoms with E-state index in [0.717, 1.165) is 38.9 Å². The van der Waals surface area contributed by atoms with Crippen LogP contribution >= 0.6 is 11.8 Å².